The first kappa shape index (κ1) is 18.2. The van der Waals surface area contributed by atoms with Crippen molar-refractivity contribution in [2.45, 2.75) is 26.0 Å². The van der Waals surface area contributed by atoms with Crippen molar-refractivity contribution in [3.8, 4) is 5.75 Å². The van der Waals surface area contributed by atoms with Crippen LogP contribution in [0, 0.1) is 0 Å². The standard InChI is InChI=1S/C18H30N2O3/c1-4-23-14-16(21)13-19-9-11-20(12-10-19)15(2)17-7-5-6-8-18(17)22-3/h5-8,15-16,21H,4,9-14H2,1-3H3/t15-,16+/m0/s1. The smallest absolute Gasteiger partial charge is 0.123 e. The van der Waals surface area contributed by atoms with Gasteiger partial charge in [0.25, 0.3) is 0 Å². The van der Waals surface area contributed by atoms with E-state index in [2.05, 4.69) is 28.9 Å². The third-order valence-corrected chi connectivity index (χ3v) is 4.53. The minimum atomic E-state index is -0.395. The molecule has 23 heavy (non-hydrogen) atoms. The summed E-state index contributed by atoms with van der Waals surface area (Å²) >= 11 is 0. The molecule has 2 atom stereocenters. The molecule has 1 aliphatic rings. The average Bonchev–Trinajstić information content (AvgIpc) is 2.60. The number of methoxy groups -OCH3 is 1. The number of β-amino-alcohol motifs (C(OH)–C–C–N with tert-alkyl or cyclic N) is 1. The molecule has 2 rings (SSSR count). The summed E-state index contributed by atoms with van der Waals surface area (Å²) in [4.78, 5) is 4.79. The minimum Gasteiger partial charge on any atom is -0.496 e. The second kappa shape index (κ2) is 9.23. The number of aliphatic hydroxyl groups excluding tert-OH is 1. The number of piperazine rings is 1. The summed E-state index contributed by atoms with van der Waals surface area (Å²) < 4.78 is 10.8. The zero-order valence-electron chi connectivity index (χ0n) is 14.6. The number of para-hydroxylation sites is 1. The second-order valence-electron chi connectivity index (χ2n) is 6.07. The molecular formula is C18H30N2O3. The maximum atomic E-state index is 9.96. The molecule has 1 aromatic carbocycles. The first-order chi connectivity index (χ1) is 11.2. The topological polar surface area (TPSA) is 45.2 Å². The van der Waals surface area contributed by atoms with Gasteiger partial charge in [0.15, 0.2) is 0 Å². The van der Waals surface area contributed by atoms with Gasteiger partial charge in [-0.15, -0.1) is 0 Å². The van der Waals surface area contributed by atoms with Gasteiger partial charge in [-0.3, -0.25) is 9.80 Å². The normalized spacial score (nSPS) is 19.5. The number of rotatable bonds is 8. The molecule has 0 aromatic heterocycles. The molecule has 0 bridgehead atoms. The Balaban J connectivity index is 1.84. The highest BCUT2D eigenvalue weighted by molar-refractivity contribution is 5.35. The fraction of sp³-hybridized carbons (Fsp3) is 0.667. The minimum absolute atomic E-state index is 0.335. The highest BCUT2D eigenvalue weighted by Crippen LogP contribution is 2.29. The van der Waals surface area contributed by atoms with Crippen molar-refractivity contribution in [1.82, 2.24) is 9.80 Å². The molecule has 5 nitrogen and oxygen atoms in total. The number of hydrogen-bond donors (Lipinski definition) is 1. The molecule has 1 N–H and O–H groups in total. The van der Waals surface area contributed by atoms with Gasteiger partial charge in [-0.25, -0.2) is 0 Å². The first-order valence-electron chi connectivity index (χ1n) is 8.50. The predicted octanol–water partition coefficient (Wildman–Crippen LogP) is 1.77. The van der Waals surface area contributed by atoms with Crippen LogP contribution in [0.4, 0.5) is 0 Å². The molecular weight excluding hydrogens is 292 g/mol. The number of hydrogen-bond acceptors (Lipinski definition) is 5. The van der Waals surface area contributed by atoms with Crippen molar-refractivity contribution >= 4 is 0 Å². The van der Waals surface area contributed by atoms with E-state index in [0.29, 0.717) is 25.8 Å². The summed E-state index contributed by atoms with van der Waals surface area (Å²) in [5.74, 6) is 0.953. The van der Waals surface area contributed by atoms with Crippen molar-refractivity contribution in [1.29, 1.82) is 0 Å². The van der Waals surface area contributed by atoms with Gasteiger partial charge in [0.05, 0.1) is 19.8 Å². The lowest BCUT2D eigenvalue weighted by molar-refractivity contribution is 0.00715. The summed E-state index contributed by atoms with van der Waals surface area (Å²) in [7, 11) is 1.73. The van der Waals surface area contributed by atoms with Gasteiger partial charge in [-0.1, -0.05) is 18.2 Å². The van der Waals surface area contributed by atoms with E-state index in [1.54, 1.807) is 7.11 Å². The number of ether oxygens (including phenoxy) is 2. The lowest BCUT2D eigenvalue weighted by Crippen LogP contribution is -2.49. The van der Waals surface area contributed by atoms with Crippen LogP contribution in [0.15, 0.2) is 24.3 Å². The van der Waals surface area contributed by atoms with Crippen LogP contribution in [0.3, 0.4) is 0 Å². The number of aliphatic hydroxyl groups is 1. The summed E-state index contributed by atoms with van der Waals surface area (Å²) in [6.45, 7) is 9.90. The molecule has 0 unspecified atom stereocenters. The molecule has 0 spiro atoms. The third kappa shape index (κ3) is 5.18. The lowest BCUT2D eigenvalue weighted by atomic mass is 10.0. The Bertz CT molecular complexity index is 461. The highest BCUT2D eigenvalue weighted by atomic mass is 16.5. The third-order valence-electron chi connectivity index (χ3n) is 4.53. The van der Waals surface area contributed by atoms with Crippen LogP contribution in [0.2, 0.25) is 0 Å². The lowest BCUT2D eigenvalue weighted by Gasteiger charge is -2.39. The van der Waals surface area contributed by atoms with Crippen LogP contribution in [0.1, 0.15) is 25.5 Å². The van der Waals surface area contributed by atoms with Crippen molar-refractivity contribution in [2.24, 2.45) is 0 Å². The van der Waals surface area contributed by atoms with Gasteiger partial charge in [-0.2, -0.15) is 0 Å². The van der Waals surface area contributed by atoms with E-state index in [4.69, 9.17) is 9.47 Å². The first-order valence-corrected chi connectivity index (χ1v) is 8.50. The van der Waals surface area contributed by atoms with Crippen molar-refractivity contribution in [2.75, 3.05) is 53.0 Å². The zero-order chi connectivity index (χ0) is 16.7. The largest absolute Gasteiger partial charge is 0.496 e. The van der Waals surface area contributed by atoms with Crippen molar-refractivity contribution in [3.63, 3.8) is 0 Å². The average molecular weight is 322 g/mol. The van der Waals surface area contributed by atoms with Crippen LogP contribution < -0.4 is 4.74 Å². The monoisotopic (exact) mass is 322 g/mol. The molecule has 130 valence electrons. The van der Waals surface area contributed by atoms with Crippen molar-refractivity contribution < 1.29 is 14.6 Å². The molecule has 1 fully saturated rings. The molecule has 5 heteroatoms. The molecule has 1 saturated heterocycles. The van der Waals surface area contributed by atoms with E-state index in [1.165, 1.54) is 5.56 Å². The van der Waals surface area contributed by atoms with Crippen LogP contribution >= 0.6 is 0 Å². The quantitative estimate of drug-likeness (QED) is 0.790. The fourth-order valence-electron chi connectivity index (χ4n) is 3.15. The van der Waals surface area contributed by atoms with E-state index in [-0.39, 0.29) is 0 Å². The fourth-order valence-corrected chi connectivity index (χ4v) is 3.15. The van der Waals surface area contributed by atoms with E-state index >= 15 is 0 Å². The van der Waals surface area contributed by atoms with E-state index in [0.717, 1.165) is 31.9 Å². The molecule has 0 radical (unpaired) electrons. The van der Waals surface area contributed by atoms with Crippen LogP contribution in [-0.4, -0.2) is 74.1 Å². The summed E-state index contributed by atoms with van der Waals surface area (Å²) in [5, 5.41) is 9.96. The Morgan fingerprint density at radius 2 is 1.87 bits per heavy atom. The Labute approximate surface area is 139 Å². The number of nitrogens with zero attached hydrogens (tertiary/aromatic N) is 2. The van der Waals surface area contributed by atoms with Crippen LogP contribution in [-0.2, 0) is 4.74 Å². The van der Waals surface area contributed by atoms with Gasteiger partial charge < -0.3 is 14.6 Å². The van der Waals surface area contributed by atoms with Gasteiger partial charge in [0, 0.05) is 50.9 Å². The Hall–Kier alpha value is -1.14. The van der Waals surface area contributed by atoms with Crippen LogP contribution in [0.25, 0.3) is 0 Å². The van der Waals surface area contributed by atoms with Crippen LogP contribution in [0.5, 0.6) is 5.75 Å². The Morgan fingerprint density at radius 1 is 1.17 bits per heavy atom. The van der Waals surface area contributed by atoms with E-state index in [9.17, 15) is 5.11 Å². The van der Waals surface area contributed by atoms with E-state index in [1.807, 2.05) is 19.1 Å². The molecule has 0 aliphatic carbocycles. The zero-order valence-corrected chi connectivity index (χ0v) is 14.6. The summed E-state index contributed by atoms with van der Waals surface area (Å²) in [6, 6.07) is 8.57. The molecule has 0 amide bonds. The summed E-state index contributed by atoms with van der Waals surface area (Å²) in [5.41, 5.74) is 1.24. The maximum absolute atomic E-state index is 9.96. The van der Waals surface area contributed by atoms with Crippen molar-refractivity contribution in [3.05, 3.63) is 29.8 Å². The Kier molecular flexibility index (Phi) is 7.30. The van der Waals surface area contributed by atoms with Gasteiger partial charge in [-0.05, 0) is 19.9 Å². The molecule has 1 heterocycles. The predicted molar refractivity (Wildman–Crippen MR) is 91.9 cm³/mol. The second-order valence-corrected chi connectivity index (χ2v) is 6.07. The summed E-state index contributed by atoms with van der Waals surface area (Å²) in [6.07, 6.45) is -0.395. The molecule has 1 aliphatic heterocycles. The van der Waals surface area contributed by atoms with Gasteiger partial charge in [0.1, 0.15) is 5.75 Å². The Morgan fingerprint density at radius 3 is 2.52 bits per heavy atom. The maximum Gasteiger partial charge on any atom is 0.123 e. The van der Waals surface area contributed by atoms with E-state index < -0.39 is 6.10 Å². The highest BCUT2D eigenvalue weighted by Gasteiger charge is 2.24. The van der Waals surface area contributed by atoms with Gasteiger partial charge in [0.2, 0.25) is 0 Å². The van der Waals surface area contributed by atoms with Gasteiger partial charge >= 0.3 is 0 Å². The number of benzene rings is 1. The molecule has 0 saturated carbocycles. The SMILES string of the molecule is CCOC[C@H](O)CN1CCN([C@@H](C)c2ccccc2OC)CC1. The molecule has 1 aromatic rings.